The molecule has 0 radical (unpaired) electrons. The van der Waals surface area contributed by atoms with Crippen molar-refractivity contribution in [1.29, 1.82) is 0 Å². The van der Waals surface area contributed by atoms with Crippen LogP contribution in [-0.4, -0.2) is 34.5 Å². The number of hydrogen-bond acceptors (Lipinski definition) is 8. The summed E-state index contributed by atoms with van der Waals surface area (Å²) in [6.45, 7) is 0.417. The van der Waals surface area contributed by atoms with E-state index in [9.17, 15) is 9.59 Å². The topological polar surface area (TPSA) is 94.8 Å². The van der Waals surface area contributed by atoms with Crippen molar-refractivity contribution in [2.45, 2.75) is 31.0 Å². The van der Waals surface area contributed by atoms with Crippen molar-refractivity contribution in [3.63, 3.8) is 0 Å². The van der Waals surface area contributed by atoms with Gasteiger partial charge in [-0.3, -0.25) is 14.2 Å². The molecule has 0 aliphatic heterocycles. The lowest BCUT2D eigenvalue weighted by Gasteiger charge is -2.12. The van der Waals surface area contributed by atoms with E-state index in [4.69, 9.17) is 26.1 Å². The summed E-state index contributed by atoms with van der Waals surface area (Å²) in [5.74, 6) is 0.851. The molecule has 0 atom stereocenters. The molecule has 3 aromatic carbocycles. The quantitative estimate of drug-likeness (QED) is 0.0828. The summed E-state index contributed by atoms with van der Waals surface area (Å²) >= 11 is 8.86. The second kappa shape index (κ2) is 13.0. The first-order valence-electron chi connectivity index (χ1n) is 13.6. The number of nitrogens with one attached hydrogen (secondary N) is 1. The lowest BCUT2D eigenvalue weighted by molar-refractivity contribution is -0.118. The van der Waals surface area contributed by atoms with Gasteiger partial charge in [0.2, 0.25) is 0 Å². The van der Waals surface area contributed by atoms with Gasteiger partial charge in [-0.1, -0.05) is 53.7 Å². The fourth-order valence-corrected chi connectivity index (χ4v) is 7.13. The van der Waals surface area contributed by atoms with Crippen molar-refractivity contribution in [1.82, 2.24) is 15.0 Å². The van der Waals surface area contributed by atoms with E-state index in [0.29, 0.717) is 44.2 Å². The summed E-state index contributed by atoms with van der Waals surface area (Å²) in [6.07, 6.45) is 4.44. The molecule has 43 heavy (non-hydrogen) atoms. The van der Waals surface area contributed by atoms with Gasteiger partial charge in [-0.2, -0.15) is 5.10 Å². The molecular weight excluding hydrogens is 604 g/mol. The first kappa shape index (κ1) is 29.0. The van der Waals surface area contributed by atoms with Crippen LogP contribution < -0.4 is 20.5 Å². The Balaban J connectivity index is 1.14. The largest absolute Gasteiger partial charge is 0.493 e. The molecule has 2 aromatic heterocycles. The predicted octanol–water partition coefficient (Wildman–Crippen LogP) is 6.42. The summed E-state index contributed by atoms with van der Waals surface area (Å²) in [7, 11) is 1.57. The number of fused-ring (bicyclic) bond motifs is 3. The Labute approximate surface area is 261 Å². The highest BCUT2D eigenvalue weighted by molar-refractivity contribution is 7.99. The molecule has 0 bridgehead atoms. The van der Waals surface area contributed by atoms with Crippen LogP contribution in [0.5, 0.6) is 11.5 Å². The van der Waals surface area contributed by atoms with Crippen molar-refractivity contribution >= 4 is 57.0 Å². The zero-order valence-corrected chi connectivity index (χ0v) is 25.6. The smallest absolute Gasteiger partial charge is 0.267 e. The summed E-state index contributed by atoms with van der Waals surface area (Å²) < 4.78 is 13.0. The average Bonchev–Trinajstić information content (AvgIpc) is 3.62. The Kier molecular flexibility index (Phi) is 8.78. The fourth-order valence-electron chi connectivity index (χ4n) is 4.90. The highest BCUT2D eigenvalue weighted by Crippen LogP contribution is 2.36. The van der Waals surface area contributed by atoms with Gasteiger partial charge in [0.1, 0.15) is 11.4 Å². The zero-order chi connectivity index (χ0) is 29.8. The van der Waals surface area contributed by atoms with E-state index in [1.165, 1.54) is 22.9 Å². The number of carbonyl (C=O) groups excluding carboxylic acids is 1. The van der Waals surface area contributed by atoms with Crippen LogP contribution >= 0.6 is 34.7 Å². The molecule has 0 saturated carbocycles. The van der Waals surface area contributed by atoms with Crippen LogP contribution in [-0.2, 0) is 24.2 Å². The van der Waals surface area contributed by atoms with E-state index in [0.717, 1.165) is 36.0 Å². The van der Waals surface area contributed by atoms with Gasteiger partial charge in [-0.25, -0.2) is 10.4 Å². The molecule has 11 heteroatoms. The number of rotatable bonds is 10. The van der Waals surface area contributed by atoms with Crippen LogP contribution in [0.1, 0.15) is 28.0 Å². The molecular formula is C32H27ClN4O4S2. The third-order valence-electron chi connectivity index (χ3n) is 6.95. The highest BCUT2D eigenvalue weighted by atomic mass is 35.5. The molecule has 0 fully saturated rings. The minimum Gasteiger partial charge on any atom is -0.493 e. The molecule has 0 spiro atoms. The molecule has 1 amide bonds. The Hall–Kier alpha value is -4.12. The molecule has 0 unspecified atom stereocenters. The fraction of sp³-hybridized carbons (Fsp3) is 0.188. The Morgan fingerprint density at radius 1 is 1.12 bits per heavy atom. The Bertz CT molecular complexity index is 1870. The minimum absolute atomic E-state index is 0.0174. The number of amides is 1. The number of halogens is 1. The van der Waals surface area contributed by atoms with E-state index in [2.05, 4.69) is 10.5 Å². The van der Waals surface area contributed by atoms with E-state index in [1.807, 2.05) is 36.4 Å². The highest BCUT2D eigenvalue weighted by Gasteiger charge is 2.24. The average molecular weight is 631 g/mol. The number of thiophene rings is 1. The van der Waals surface area contributed by atoms with Crippen molar-refractivity contribution in [2.75, 3.05) is 12.9 Å². The molecule has 1 aliphatic rings. The van der Waals surface area contributed by atoms with E-state index < -0.39 is 0 Å². The Morgan fingerprint density at radius 3 is 2.72 bits per heavy atom. The molecule has 218 valence electrons. The van der Waals surface area contributed by atoms with E-state index in [1.54, 1.807) is 59.4 Å². The molecule has 1 aliphatic carbocycles. The van der Waals surface area contributed by atoms with Gasteiger partial charge in [0.05, 0.1) is 30.2 Å². The summed E-state index contributed by atoms with van der Waals surface area (Å²) in [5.41, 5.74) is 5.96. The lowest BCUT2D eigenvalue weighted by atomic mass is 10.2. The van der Waals surface area contributed by atoms with Crippen LogP contribution in [0, 0.1) is 0 Å². The minimum atomic E-state index is -0.332. The standard InChI is InChI=1S/C32H27ClN4O4S2/c1-40-26-16-21(10-15-25(26)41-18-20-6-3-2-4-7-20)17-34-36-28(38)19-42-32-35-30-29(24-8-5-9-27(24)43-30)31(39)37(32)23-13-11-22(33)12-14-23/h2-4,6-7,10-17H,5,8-9,18-19H2,1H3,(H,36,38). The van der Waals surface area contributed by atoms with Gasteiger partial charge < -0.3 is 9.47 Å². The van der Waals surface area contributed by atoms with Gasteiger partial charge >= 0.3 is 0 Å². The van der Waals surface area contributed by atoms with Gasteiger partial charge in [0, 0.05) is 9.90 Å². The van der Waals surface area contributed by atoms with Crippen LogP contribution in [0.2, 0.25) is 5.02 Å². The van der Waals surface area contributed by atoms with Gasteiger partial charge in [0.25, 0.3) is 11.5 Å². The van der Waals surface area contributed by atoms with Gasteiger partial charge in [-0.05, 0) is 78.4 Å². The van der Waals surface area contributed by atoms with Crippen molar-refractivity contribution < 1.29 is 14.3 Å². The third-order valence-corrected chi connectivity index (χ3v) is 9.33. The second-order valence-electron chi connectivity index (χ2n) is 9.82. The molecule has 1 N–H and O–H groups in total. The number of benzene rings is 3. The number of nitrogens with zero attached hydrogens (tertiary/aromatic N) is 3. The molecule has 6 rings (SSSR count). The number of hydrazone groups is 1. The number of aryl methyl sites for hydroxylation is 2. The normalized spacial score (nSPS) is 12.5. The number of hydrogen-bond donors (Lipinski definition) is 1. The Morgan fingerprint density at radius 2 is 1.93 bits per heavy atom. The monoisotopic (exact) mass is 630 g/mol. The maximum atomic E-state index is 13.8. The predicted molar refractivity (Wildman–Crippen MR) is 172 cm³/mol. The second-order valence-corrected chi connectivity index (χ2v) is 12.3. The van der Waals surface area contributed by atoms with E-state index >= 15 is 0 Å². The maximum absolute atomic E-state index is 13.8. The summed E-state index contributed by atoms with van der Waals surface area (Å²) in [5, 5.41) is 5.80. The maximum Gasteiger partial charge on any atom is 0.267 e. The van der Waals surface area contributed by atoms with Gasteiger partial charge in [0.15, 0.2) is 16.7 Å². The van der Waals surface area contributed by atoms with Crippen LogP contribution in [0.3, 0.4) is 0 Å². The third kappa shape index (κ3) is 6.46. The summed E-state index contributed by atoms with van der Waals surface area (Å²) in [6, 6.07) is 22.3. The van der Waals surface area contributed by atoms with Crippen LogP contribution in [0.4, 0.5) is 0 Å². The van der Waals surface area contributed by atoms with Crippen LogP contribution in [0.25, 0.3) is 15.9 Å². The molecule has 5 aromatic rings. The molecule has 8 nitrogen and oxygen atoms in total. The molecule has 2 heterocycles. The van der Waals surface area contributed by atoms with Crippen molar-refractivity contribution in [3.8, 4) is 17.2 Å². The molecule has 0 saturated heterocycles. The van der Waals surface area contributed by atoms with Crippen molar-refractivity contribution in [3.05, 3.63) is 110 Å². The number of ether oxygens (including phenoxy) is 2. The number of carbonyl (C=O) groups is 1. The first-order valence-corrected chi connectivity index (χ1v) is 15.8. The zero-order valence-electron chi connectivity index (χ0n) is 23.2. The number of methoxy groups -OCH3 is 1. The van der Waals surface area contributed by atoms with E-state index in [-0.39, 0.29) is 17.2 Å². The van der Waals surface area contributed by atoms with Gasteiger partial charge in [-0.15, -0.1) is 11.3 Å². The first-order chi connectivity index (χ1) is 21.0. The number of aromatic nitrogens is 2. The number of thioether (sulfide) groups is 1. The van der Waals surface area contributed by atoms with Crippen molar-refractivity contribution in [2.24, 2.45) is 5.10 Å². The summed E-state index contributed by atoms with van der Waals surface area (Å²) in [4.78, 5) is 33.3. The van der Waals surface area contributed by atoms with Crippen LogP contribution in [0.15, 0.2) is 87.8 Å². The lowest BCUT2D eigenvalue weighted by Crippen LogP contribution is -2.24. The SMILES string of the molecule is COc1cc(C=NNC(=O)CSc2nc3sc4c(c3c(=O)n2-c2ccc(Cl)cc2)CCC4)ccc1OCc1ccccc1.